The molecule has 0 bridgehead atoms. The molecule has 0 aliphatic carbocycles. The summed E-state index contributed by atoms with van der Waals surface area (Å²) in [5.41, 5.74) is 8.08. The second-order valence-electron chi connectivity index (χ2n) is 7.29. The summed E-state index contributed by atoms with van der Waals surface area (Å²) in [7, 11) is 0. The van der Waals surface area contributed by atoms with E-state index in [2.05, 4.69) is 37.0 Å². The van der Waals surface area contributed by atoms with Crippen LogP contribution in [0.25, 0.3) is 22.4 Å². The van der Waals surface area contributed by atoms with Crippen molar-refractivity contribution >= 4 is 22.8 Å². The highest BCUT2D eigenvalue weighted by molar-refractivity contribution is 6.04. The Labute approximate surface area is 170 Å². The highest BCUT2D eigenvalue weighted by atomic mass is 16.1. The Balaban J connectivity index is 1.36. The van der Waals surface area contributed by atoms with E-state index in [0.717, 1.165) is 62.7 Å². The molecule has 3 heterocycles. The molecule has 0 saturated carbocycles. The molecule has 3 aromatic rings. The number of carbonyl (C=O) groups excluding carboxylic acids is 1. The third kappa shape index (κ3) is 4.38. The molecule has 0 atom stereocenters. The van der Waals surface area contributed by atoms with Crippen LogP contribution in [0.3, 0.4) is 0 Å². The van der Waals surface area contributed by atoms with Gasteiger partial charge in [0, 0.05) is 51.0 Å². The van der Waals surface area contributed by atoms with Crippen molar-refractivity contribution in [2.24, 2.45) is 5.73 Å². The van der Waals surface area contributed by atoms with Crippen molar-refractivity contribution in [1.29, 1.82) is 0 Å². The van der Waals surface area contributed by atoms with E-state index in [1.165, 1.54) is 0 Å². The number of H-pyrrole nitrogens is 1. The lowest BCUT2D eigenvalue weighted by atomic mass is 10.2. The number of pyridine rings is 1. The third-order valence-electron chi connectivity index (χ3n) is 5.46. The zero-order chi connectivity index (χ0) is 20.2. The molecule has 29 heavy (non-hydrogen) atoms. The minimum absolute atomic E-state index is 0.413. The van der Waals surface area contributed by atoms with E-state index in [1.807, 2.05) is 18.2 Å². The van der Waals surface area contributed by atoms with Crippen molar-refractivity contribution in [2.45, 2.75) is 6.92 Å². The minimum Gasteiger partial charge on any atom is -0.369 e. The van der Waals surface area contributed by atoms with E-state index in [4.69, 9.17) is 5.73 Å². The topological polar surface area (TPSA) is 103 Å². The first kappa shape index (κ1) is 19.4. The Bertz CT molecular complexity index is 974. The van der Waals surface area contributed by atoms with Gasteiger partial charge in [-0.15, -0.1) is 0 Å². The molecule has 0 radical (unpaired) electrons. The highest BCUT2D eigenvalue weighted by Gasteiger charge is 2.15. The summed E-state index contributed by atoms with van der Waals surface area (Å²) in [5.74, 6) is 1.03. The van der Waals surface area contributed by atoms with E-state index >= 15 is 0 Å². The monoisotopic (exact) mass is 393 g/mol. The van der Waals surface area contributed by atoms with Gasteiger partial charge in [0.25, 0.3) is 5.91 Å². The van der Waals surface area contributed by atoms with E-state index in [0.29, 0.717) is 16.9 Å². The van der Waals surface area contributed by atoms with Gasteiger partial charge in [-0.2, -0.15) is 0 Å². The standard InChI is InChI=1S/C21H27N7O/c1-2-27-10-12-28(13-11-27)9-8-23-18-7-6-15(14-24-18)21-25-17-5-3-4-16(20(22)29)19(17)26-21/h3-7,14H,2,8-13H2,1H3,(H2,22,29)(H,23,24)(H,25,26). The number of aromatic amines is 1. The molecule has 4 N–H and O–H groups in total. The Morgan fingerprint density at radius 3 is 2.66 bits per heavy atom. The number of hydrogen-bond acceptors (Lipinski definition) is 6. The second-order valence-corrected chi connectivity index (χ2v) is 7.29. The van der Waals surface area contributed by atoms with Crippen molar-refractivity contribution < 1.29 is 4.79 Å². The minimum atomic E-state index is -0.484. The number of para-hydroxylation sites is 1. The summed E-state index contributed by atoms with van der Waals surface area (Å²) < 4.78 is 0. The first-order valence-electron chi connectivity index (χ1n) is 10.1. The molecule has 1 aromatic carbocycles. The van der Waals surface area contributed by atoms with Gasteiger partial charge < -0.3 is 20.9 Å². The maximum atomic E-state index is 11.6. The highest BCUT2D eigenvalue weighted by Crippen LogP contribution is 2.23. The van der Waals surface area contributed by atoms with Crippen LogP contribution in [0.5, 0.6) is 0 Å². The van der Waals surface area contributed by atoms with Crippen LogP contribution in [0.4, 0.5) is 5.82 Å². The van der Waals surface area contributed by atoms with Gasteiger partial charge in [-0.25, -0.2) is 9.97 Å². The van der Waals surface area contributed by atoms with Crippen LogP contribution in [0.2, 0.25) is 0 Å². The number of benzene rings is 1. The number of rotatable bonds is 7. The summed E-state index contributed by atoms with van der Waals surface area (Å²) in [5, 5.41) is 3.39. The van der Waals surface area contributed by atoms with Crippen molar-refractivity contribution in [3.63, 3.8) is 0 Å². The summed E-state index contributed by atoms with van der Waals surface area (Å²) in [6, 6.07) is 9.27. The normalized spacial score (nSPS) is 15.6. The molecule has 0 unspecified atom stereocenters. The molecule has 1 aliphatic rings. The molecule has 8 heteroatoms. The molecule has 0 spiro atoms. The molecule has 2 aromatic heterocycles. The van der Waals surface area contributed by atoms with Crippen LogP contribution in [0.15, 0.2) is 36.5 Å². The van der Waals surface area contributed by atoms with E-state index in [1.54, 1.807) is 18.3 Å². The van der Waals surface area contributed by atoms with Crippen LogP contribution in [0, 0.1) is 0 Å². The van der Waals surface area contributed by atoms with Gasteiger partial charge in [0.2, 0.25) is 0 Å². The van der Waals surface area contributed by atoms with Crippen molar-refractivity contribution in [3.8, 4) is 11.4 Å². The maximum Gasteiger partial charge on any atom is 0.250 e. The number of nitrogens with two attached hydrogens (primary N) is 1. The predicted molar refractivity (Wildman–Crippen MR) is 115 cm³/mol. The lowest BCUT2D eigenvalue weighted by molar-refractivity contribution is 0.100. The maximum absolute atomic E-state index is 11.6. The molecular formula is C21H27N7O. The number of carbonyl (C=O) groups is 1. The Kier molecular flexibility index (Phi) is 5.73. The van der Waals surface area contributed by atoms with E-state index in [-0.39, 0.29) is 0 Å². The summed E-state index contributed by atoms with van der Waals surface area (Å²) >= 11 is 0. The predicted octanol–water partition coefficient (Wildman–Crippen LogP) is 1.77. The number of fused-ring (bicyclic) bond motifs is 1. The molecule has 1 aliphatic heterocycles. The number of imidazole rings is 1. The van der Waals surface area contributed by atoms with Crippen LogP contribution < -0.4 is 11.1 Å². The zero-order valence-electron chi connectivity index (χ0n) is 16.7. The van der Waals surface area contributed by atoms with Gasteiger partial charge in [-0.05, 0) is 30.8 Å². The number of hydrogen-bond donors (Lipinski definition) is 3. The van der Waals surface area contributed by atoms with E-state index < -0.39 is 5.91 Å². The Morgan fingerprint density at radius 1 is 1.17 bits per heavy atom. The molecule has 1 fully saturated rings. The second kappa shape index (κ2) is 8.59. The van der Waals surface area contributed by atoms with Gasteiger partial charge in [0.15, 0.2) is 0 Å². The van der Waals surface area contributed by atoms with Gasteiger partial charge in [0.1, 0.15) is 17.2 Å². The van der Waals surface area contributed by atoms with Gasteiger partial charge in [-0.1, -0.05) is 13.0 Å². The summed E-state index contributed by atoms with van der Waals surface area (Å²) in [6.45, 7) is 9.79. The number of likely N-dealkylation sites (N-methyl/N-ethyl adjacent to an activating group) is 1. The van der Waals surface area contributed by atoms with E-state index in [9.17, 15) is 4.79 Å². The van der Waals surface area contributed by atoms with Crippen molar-refractivity contribution in [2.75, 3.05) is 51.1 Å². The first-order valence-corrected chi connectivity index (χ1v) is 10.1. The Morgan fingerprint density at radius 2 is 1.97 bits per heavy atom. The van der Waals surface area contributed by atoms with Gasteiger partial charge in [-0.3, -0.25) is 9.69 Å². The largest absolute Gasteiger partial charge is 0.369 e. The molecule has 152 valence electrons. The molecule has 8 nitrogen and oxygen atoms in total. The zero-order valence-corrected chi connectivity index (χ0v) is 16.7. The fourth-order valence-corrected chi connectivity index (χ4v) is 3.68. The number of piperazine rings is 1. The van der Waals surface area contributed by atoms with Crippen molar-refractivity contribution in [3.05, 3.63) is 42.1 Å². The lowest BCUT2D eigenvalue weighted by Crippen LogP contribution is -2.47. The SMILES string of the molecule is CCN1CCN(CCNc2ccc(-c3nc4c(C(N)=O)cccc4[nH]3)cn2)CC1. The van der Waals surface area contributed by atoms with Gasteiger partial charge in [0.05, 0.1) is 11.1 Å². The summed E-state index contributed by atoms with van der Waals surface area (Å²) in [6.07, 6.45) is 1.78. The van der Waals surface area contributed by atoms with Crippen molar-refractivity contribution in [1.82, 2.24) is 24.8 Å². The van der Waals surface area contributed by atoms with Crippen LogP contribution in [-0.2, 0) is 0 Å². The number of amides is 1. The first-order chi connectivity index (χ1) is 14.1. The van der Waals surface area contributed by atoms with Crippen LogP contribution in [0.1, 0.15) is 17.3 Å². The lowest BCUT2D eigenvalue weighted by Gasteiger charge is -2.33. The fourth-order valence-electron chi connectivity index (χ4n) is 3.68. The molecule has 1 saturated heterocycles. The number of primary amides is 1. The molecular weight excluding hydrogens is 366 g/mol. The number of nitrogens with one attached hydrogen (secondary N) is 2. The average molecular weight is 393 g/mol. The number of nitrogens with zero attached hydrogens (tertiary/aromatic N) is 4. The number of aromatic nitrogens is 3. The van der Waals surface area contributed by atoms with Crippen LogP contribution >= 0.6 is 0 Å². The molecule has 1 amide bonds. The van der Waals surface area contributed by atoms with Crippen LogP contribution in [-0.4, -0.2) is 76.5 Å². The smallest absolute Gasteiger partial charge is 0.250 e. The fraction of sp³-hybridized carbons (Fsp3) is 0.381. The third-order valence-corrected chi connectivity index (χ3v) is 5.46. The average Bonchev–Trinajstić information content (AvgIpc) is 3.19. The number of anilines is 1. The van der Waals surface area contributed by atoms with Gasteiger partial charge >= 0.3 is 0 Å². The Hall–Kier alpha value is -2.97. The quantitative estimate of drug-likeness (QED) is 0.565. The molecule has 4 rings (SSSR count). The summed E-state index contributed by atoms with van der Waals surface area (Å²) in [4.78, 5) is 28.8.